The maximum atomic E-state index is 12.9. The highest BCUT2D eigenvalue weighted by atomic mass is 32.2. The lowest BCUT2D eigenvalue weighted by atomic mass is 9.94. The van der Waals surface area contributed by atoms with E-state index >= 15 is 0 Å². The van der Waals surface area contributed by atoms with E-state index in [1.54, 1.807) is 0 Å². The summed E-state index contributed by atoms with van der Waals surface area (Å²) in [5.41, 5.74) is 1.20. The summed E-state index contributed by atoms with van der Waals surface area (Å²) in [6, 6.07) is 14.4. The van der Waals surface area contributed by atoms with Crippen molar-refractivity contribution >= 4 is 15.9 Å². The Bertz CT molecular complexity index is 1090. The summed E-state index contributed by atoms with van der Waals surface area (Å²) in [6.45, 7) is 0.795. The third kappa shape index (κ3) is 5.50. The summed E-state index contributed by atoms with van der Waals surface area (Å²) < 4.78 is 68.2. The van der Waals surface area contributed by atoms with Gasteiger partial charge in [0.2, 0.25) is 15.9 Å². The van der Waals surface area contributed by atoms with Crippen LogP contribution < -0.4 is 10.1 Å². The van der Waals surface area contributed by atoms with Crippen molar-refractivity contribution < 1.29 is 31.1 Å². The highest BCUT2D eigenvalue weighted by Gasteiger charge is 2.44. The number of piperidine rings is 1. The minimum atomic E-state index is -4.91. The molecule has 2 aromatic carbocycles. The van der Waals surface area contributed by atoms with Crippen LogP contribution in [0.1, 0.15) is 31.2 Å². The molecule has 1 saturated heterocycles. The van der Waals surface area contributed by atoms with Crippen LogP contribution in [0.5, 0.6) is 5.75 Å². The number of alkyl halides is 3. The van der Waals surface area contributed by atoms with E-state index in [1.165, 1.54) is 22.0 Å². The van der Waals surface area contributed by atoms with Crippen LogP contribution in [0.2, 0.25) is 0 Å². The highest BCUT2D eigenvalue weighted by Crippen LogP contribution is 2.47. The number of amides is 1. The lowest BCUT2D eigenvalue weighted by Crippen LogP contribution is -2.44. The van der Waals surface area contributed by atoms with E-state index in [2.05, 4.69) is 22.2 Å². The van der Waals surface area contributed by atoms with Crippen LogP contribution >= 0.6 is 0 Å². The fourth-order valence-electron chi connectivity index (χ4n) is 4.25. The minimum Gasteiger partial charge on any atom is -0.406 e. The lowest BCUT2D eigenvalue weighted by Gasteiger charge is -2.31. The third-order valence-electron chi connectivity index (χ3n) is 6.34. The smallest absolute Gasteiger partial charge is 0.406 e. The molecule has 0 radical (unpaired) electrons. The molecular formula is C23H25F3N2O4S. The number of hydrogen-bond donors (Lipinski definition) is 1. The molecule has 178 valence electrons. The van der Waals surface area contributed by atoms with Crippen molar-refractivity contribution in [2.75, 3.05) is 19.6 Å². The molecule has 1 amide bonds. The van der Waals surface area contributed by atoms with Crippen molar-refractivity contribution in [2.24, 2.45) is 5.92 Å². The predicted octanol–water partition coefficient (Wildman–Crippen LogP) is 3.83. The zero-order valence-corrected chi connectivity index (χ0v) is 18.7. The molecule has 1 N–H and O–H groups in total. The number of nitrogens with one attached hydrogen (secondary N) is 1. The second kappa shape index (κ2) is 8.98. The van der Waals surface area contributed by atoms with E-state index in [9.17, 15) is 26.4 Å². The zero-order valence-electron chi connectivity index (χ0n) is 17.8. The number of carbonyl (C=O) groups excluding carboxylic acids is 1. The Labute approximate surface area is 190 Å². The Morgan fingerprint density at radius 3 is 2.33 bits per heavy atom. The summed E-state index contributed by atoms with van der Waals surface area (Å²) in [6.07, 6.45) is -2.17. The molecule has 1 saturated carbocycles. The predicted molar refractivity (Wildman–Crippen MR) is 115 cm³/mol. The average Bonchev–Trinajstić information content (AvgIpc) is 3.58. The van der Waals surface area contributed by atoms with Gasteiger partial charge >= 0.3 is 6.36 Å². The molecule has 0 aromatic heterocycles. The number of carbonyl (C=O) groups is 1. The van der Waals surface area contributed by atoms with Crippen molar-refractivity contribution in [3.8, 4) is 5.75 Å². The Morgan fingerprint density at radius 1 is 1.06 bits per heavy atom. The first-order valence-corrected chi connectivity index (χ1v) is 12.2. The normalized spacial score (nSPS) is 19.1. The molecule has 4 rings (SSSR count). The van der Waals surface area contributed by atoms with E-state index in [4.69, 9.17) is 0 Å². The van der Waals surface area contributed by atoms with Gasteiger partial charge in [-0.15, -0.1) is 13.2 Å². The van der Waals surface area contributed by atoms with E-state index in [0.29, 0.717) is 19.4 Å². The van der Waals surface area contributed by atoms with Gasteiger partial charge in [-0.3, -0.25) is 4.79 Å². The first-order valence-electron chi connectivity index (χ1n) is 10.8. The SMILES string of the molecule is O=C(NCC1(c2ccccc2)CC1)C1CCN(S(=O)(=O)c2cccc(OC(F)(F)F)c2)CC1. The van der Waals surface area contributed by atoms with Gasteiger partial charge in [-0.1, -0.05) is 36.4 Å². The van der Waals surface area contributed by atoms with Crippen LogP contribution in [0.25, 0.3) is 0 Å². The number of rotatable bonds is 7. The quantitative estimate of drug-likeness (QED) is 0.651. The molecule has 33 heavy (non-hydrogen) atoms. The van der Waals surface area contributed by atoms with Gasteiger partial charge in [0.15, 0.2) is 0 Å². The second-order valence-corrected chi connectivity index (χ2v) is 10.5. The average molecular weight is 483 g/mol. The lowest BCUT2D eigenvalue weighted by molar-refractivity contribution is -0.274. The molecule has 1 aliphatic heterocycles. The number of ether oxygens (including phenoxy) is 1. The number of halogens is 3. The van der Waals surface area contributed by atoms with Crippen LogP contribution in [0.4, 0.5) is 13.2 Å². The standard InChI is InChI=1S/C23H25F3N2O4S/c24-23(25,26)32-19-7-4-8-20(15-19)33(30,31)28-13-9-17(10-14-28)21(29)27-16-22(11-12-22)18-5-2-1-3-6-18/h1-8,15,17H,9-14,16H2,(H,27,29). The van der Waals surface area contributed by atoms with Crippen LogP contribution in [0, 0.1) is 5.92 Å². The van der Waals surface area contributed by atoms with Crippen LogP contribution in [0.3, 0.4) is 0 Å². The fourth-order valence-corrected chi connectivity index (χ4v) is 5.76. The molecule has 1 heterocycles. The molecule has 6 nitrogen and oxygen atoms in total. The van der Waals surface area contributed by atoms with Gasteiger partial charge in [0.05, 0.1) is 4.90 Å². The number of sulfonamides is 1. The van der Waals surface area contributed by atoms with E-state index in [1.807, 2.05) is 18.2 Å². The Balaban J connectivity index is 1.33. The van der Waals surface area contributed by atoms with Crippen molar-refractivity contribution in [2.45, 2.75) is 42.4 Å². The van der Waals surface area contributed by atoms with E-state index in [0.717, 1.165) is 25.0 Å². The van der Waals surface area contributed by atoms with E-state index in [-0.39, 0.29) is 35.2 Å². The third-order valence-corrected chi connectivity index (χ3v) is 8.24. The molecule has 0 bridgehead atoms. The van der Waals surface area contributed by atoms with E-state index < -0.39 is 22.1 Å². The monoisotopic (exact) mass is 482 g/mol. The molecule has 10 heteroatoms. The molecule has 0 unspecified atom stereocenters. The Hall–Kier alpha value is -2.59. The molecular weight excluding hydrogens is 457 g/mol. The molecule has 0 spiro atoms. The fraction of sp³-hybridized carbons (Fsp3) is 0.435. The van der Waals surface area contributed by atoms with Gasteiger partial charge in [-0.2, -0.15) is 4.31 Å². The largest absolute Gasteiger partial charge is 0.573 e. The summed E-state index contributed by atoms with van der Waals surface area (Å²) in [5, 5.41) is 3.04. The number of nitrogens with zero attached hydrogens (tertiary/aromatic N) is 1. The Kier molecular flexibility index (Phi) is 6.41. The maximum absolute atomic E-state index is 12.9. The van der Waals surface area contributed by atoms with Gasteiger partial charge in [-0.05, 0) is 43.4 Å². The van der Waals surface area contributed by atoms with Gasteiger partial charge in [0.25, 0.3) is 0 Å². The number of benzene rings is 2. The first-order chi connectivity index (χ1) is 15.6. The van der Waals surface area contributed by atoms with Crippen LogP contribution in [-0.2, 0) is 20.2 Å². The maximum Gasteiger partial charge on any atom is 0.573 e. The number of hydrogen-bond acceptors (Lipinski definition) is 4. The van der Waals surface area contributed by atoms with Crippen LogP contribution in [-0.4, -0.2) is 44.6 Å². The van der Waals surface area contributed by atoms with Crippen molar-refractivity contribution in [3.05, 3.63) is 60.2 Å². The van der Waals surface area contributed by atoms with Crippen molar-refractivity contribution in [3.63, 3.8) is 0 Å². The van der Waals surface area contributed by atoms with Gasteiger partial charge in [0, 0.05) is 37.0 Å². The van der Waals surface area contributed by atoms with Gasteiger partial charge in [-0.25, -0.2) is 8.42 Å². The van der Waals surface area contributed by atoms with Crippen molar-refractivity contribution in [1.29, 1.82) is 0 Å². The zero-order chi connectivity index (χ0) is 23.7. The van der Waals surface area contributed by atoms with Crippen molar-refractivity contribution in [1.82, 2.24) is 9.62 Å². The second-order valence-electron chi connectivity index (χ2n) is 8.57. The molecule has 2 aliphatic rings. The van der Waals surface area contributed by atoms with Crippen LogP contribution in [0.15, 0.2) is 59.5 Å². The highest BCUT2D eigenvalue weighted by molar-refractivity contribution is 7.89. The topological polar surface area (TPSA) is 75.7 Å². The summed E-state index contributed by atoms with van der Waals surface area (Å²) in [7, 11) is -4.00. The summed E-state index contributed by atoms with van der Waals surface area (Å²) in [5.74, 6) is -0.983. The Morgan fingerprint density at radius 2 is 1.73 bits per heavy atom. The minimum absolute atomic E-state index is 0.00946. The molecule has 0 atom stereocenters. The summed E-state index contributed by atoms with van der Waals surface area (Å²) >= 11 is 0. The first kappa shape index (κ1) is 23.6. The molecule has 2 aromatic rings. The molecule has 1 aliphatic carbocycles. The molecule has 2 fully saturated rings. The summed E-state index contributed by atoms with van der Waals surface area (Å²) in [4.78, 5) is 12.4. The van der Waals surface area contributed by atoms with Gasteiger partial charge in [0.1, 0.15) is 5.75 Å². The van der Waals surface area contributed by atoms with Gasteiger partial charge < -0.3 is 10.1 Å².